The fraction of sp³-hybridized carbons (Fsp3) is 0.282. The van der Waals surface area contributed by atoms with Crippen molar-refractivity contribution in [3.8, 4) is 11.5 Å². The van der Waals surface area contributed by atoms with E-state index in [0.29, 0.717) is 23.5 Å². The Balaban J connectivity index is 1.26. The highest BCUT2D eigenvalue weighted by atomic mass is 19.4. The van der Waals surface area contributed by atoms with Crippen LogP contribution in [0.15, 0.2) is 97.1 Å². The molecule has 0 aliphatic carbocycles. The molecule has 4 aromatic carbocycles. The number of hydrogen-bond donors (Lipinski definition) is 3. The van der Waals surface area contributed by atoms with Gasteiger partial charge in [0.15, 0.2) is 0 Å². The highest BCUT2D eigenvalue weighted by Gasteiger charge is 2.33. The minimum atomic E-state index is -4.60. The van der Waals surface area contributed by atoms with Crippen LogP contribution >= 0.6 is 0 Å². The Bertz CT molecular complexity index is 1770. The van der Waals surface area contributed by atoms with E-state index in [1.807, 2.05) is 0 Å². The van der Waals surface area contributed by atoms with Crippen LogP contribution in [0.4, 0.5) is 18.9 Å². The normalized spacial score (nSPS) is 11.7. The lowest BCUT2D eigenvalue weighted by Gasteiger charge is -2.15. The molecule has 0 bridgehead atoms. The van der Waals surface area contributed by atoms with Gasteiger partial charge in [-0.1, -0.05) is 62.9 Å². The average molecular weight is 705 g/mol. The summed E-state index contributed by atoms with van der Waals surface area (Å²) in [5, 5.41) is 14.7. The topological polar surface area (TPSA) is 131 Å². The molecule has 0 saturated carbocycles. The van der Waals surface area contributed by atoms with Gasteiger partial charge in [0.25, 0.3) is 5.91 Å². The first-order chi connectivity index (χ1) is 24.4. The van der Waals surface area contributed by atoms with Gasteiger partial charge in [-0.05, 0) is 84.3 Å². The van der Waals surface area contributed by atoms with Crippen molar-refractivity contribution in [2.24, 2.45) is 0 Å². The molecule has 4 aromatic rings. The van der Waals surface area contributed by atoms with E-state index in [1.54, 1.807) is 36.4 Å². The van der Waals surface area contributed by atoms with E-state index in [9.17, 15) is 37.5 Å². The molecule has 0 aliphatic heterocycles. The number of esters is 1. The Morgan fingerprint density at radius 1 is 0.765 bits per heavy atom. The van der Waals surface area contributed by atoms with Crippen LogP contribution in [0, 0.1) is 0 Å². The third kappa shape index (κ3) is 12.0. The predicted molar refractivity (Wildman–Crippen MR) is 185 cm³/mol. The van der Waals surface area contributed by atoms with E-state index in [-0.39, 0.29) is 29.0 Å². The number of ether oxygens (including phenoxy) is 2. The van der Waals surface area contributed by atoms with Crippen LogP contribution in [0.25, 0.3) is 0 Å². The number of amides is 2. The van der Waals surface area contributed by atoms with Crippen LogP contribution in [0.2, 0.25) is 0 Å². The third-order valence-corrected chi connectivity index (χ3v) is 7.89. The zero-order valence-electron chi connectivity index (χ0n) is 28.0. The summed E-state index contributed by atoms with van der Waals surface area (Å²) < 4.78 is 50.9. The van der Waals surface area contributed by atoms with Gasteiger partial charge in [-0.15, -0.1) is 0 Å². The number of anilines is 1. The Hall–Kier alpha value is -5.65. The number of carboxylic acid groups (broad SMARTS) is 1. The lowest BCUT2D eigenvalue weighted by molar-refractivity contribution is -0.139. The van der Waals surface area contributed by atoms with Gasteiger partial charge in [0.1, 0.15) is 17.5 Å². The molecule has 4 rings (SSSR count). The number of nitrogens with one attached hydrogen (secondary N) is 2. The van der Waals surface area contributed by atoms with Crippen LogP contribution in [-0.2, 0) is 28.6 Å². The summed E-state index contributed by atoms with van der Waals surface area (Å²) in [6.07, 6.45) is 0.483. The smallest absolute Gasteiger partial charge is 0.416 e. The van der Waals surface area contributed by atoms with Gasteiger partial charge >= 0.3 is 18.1 Å². The molecule has 12 heteroatoms. The Morgan fingerprint density at radius 3 is 2.04 bits per heavy atom. The monoisotopic (exact) mass is 704 g/mol. The molecule has 2 amide bonds. The van der Waals surface area contributed by atoms with Crippen molar-refractivity contribution >= 4 is 29.4 Å². The van der Waals surface area contributed by atoms with Gasteiger partial charge in [-0.3, -0.25) is 9.59 Å². The fourth-order valence-corrected chi connectivity index (χ4v) is 5.15. The number of hydrogen-bond acceptors (Lipinski definition) is 6. The first-order valence-corrected chi connectivity index (χ1v) is 16.6. The number of halogens is 3. The largest absolute Gasteiger partial charge is 0.494 e. The van der Waals surface area contributed by atoms with Crippen molar-refractivity contribution < 1.29 is 46.9 Å². The van der Waals surface area contributed by atoms with Gasteiger partial charge in [0.05, 0.1) is 24.2 Å². The molecule has 3 N–H and O–H groups in total. The number of benzene rings is 4. The van der Waals surface area contributed by atoms with Crippen molar-refractivity contribution in [3.63, 3.8) is 0 Å². The Labute approximate surface area is 293 Å². The predicted octanol–water partition coefficient (Wildman–Crippen LogP) is 7.88. The number of carboxylic acids is 1. The minimum Gasteiger partial charge on any atom is -0.494 e. The minimum absolute atomic E-state index is 0.0666. The second-order valence-corrected chi connectivity index (χ2v) is 11.8. The zero-order valence-corrected chi connectivity index (χ0v) is 28.0. The standard InChI is InChI=1S/C39H39F3N2O7/c1-2-3-4-5-8-23-50-31-21-15-28(16-22-31)38(49)51-32-19-11-26(12-20-32)24-34(37(47)48)44-36(46)27-13-17-30(18-14-27)43-35(45)25-29-9-6-7-10-33(29)39(40,41)42/h6-7,9-22,34H,2-5,8,23-25H2,1H3,(H,43,45)(H,44,46)(H,47,48). The van der Waals surface area contributed by atoms with Crippen molar-refractivity contribution in [1.82, 2.24) is 5.32 Å². The molecule has 0 aliphatic rings. The molecule has 268 valence electrons. The summed E-state index contributed by atoms with van der Waals surface area (Å²) in [6, 6.07) is 21.9. The van der Waals surface area contributed by atoms with Gasteiger partial charge in [-0.2, -0.15) is 13.2 Å². The fourth-order valence-electron chi connectivity index (χ4n) is 5.15. The molecule has 0 fully saturated rings. The van der Waals surface area contributed by atoms with Crippen molar-refractivity contribution in [1.29, 1.82) is 0 Å². The summed E-state index contributed by atoms with van der Waals surface area (Å²) >= 11 is 0. The average Bonchev–Trinajstić information content (AvgIpc) is 3.10. The molecule has 51 heavy (non-hydrogen) atoms. The van der Waals surface area contributed by atoms with Crippen LogP contribution in [-0.4, -0.2) is 41.5 Å². The molecule has 9 nitrogen and oxygen atoms in total. The van der Waals surface area contributed by atoms with E-state index in [4.69, 9.17) is 9.47 Å². The SMILES string of the molecule is CCCCCCCOc1ccc(C(=O)Oc2ccc(CC(NC(=O)c3ccc(NC(=O)Cc4ccccc4C(F)(F)F)cc3)C(=O)O)cc2)cc1. The van der Waals surface area contributed by atoms with Gasteiger partial charge in [0.2, 0.25) is 5.91 Å². The molecule has 0 saturated heterocycles. The highest BCUT2D eigenvalue weighted by molar-refractivity contribution is 5.98. The Morgan fingerprint density at radius 2 is 1.39 bits per heavy atom. The first-order valence-electron chi connectivity index (χ1n) is 16.6. The van der Waals surface area contributed by atoms with Crippen LogP contribution in [0.3, 0.4) is 0 Å². The van der Waals surface area contributed by atoms with Gasteiger partial charge < -0.3 is 25.2 Å². The Kier molecular flexibility index (Phi) is 13.7. The number of aliphatic carboxylic acids is 1. The van der Waals surface area contributed by atoms with Gasteiger partial charge in [0, 0.05) is 17.7 Å². The van der Waals surface area contributed by atoms with Gasteiger partial charge in [-0.25, -0.2) is 9.59 Å². The maximum atomic E-state index is 13.3. The van der Waals surface area contributed by atoms with Crippen molar-refractivity contribution in [2.75, 3.05) is 11.9 Å². The number of unbranched alkanes of at least 4 members (excludes halogenated alkanes) is 4. The van der Waals surface area contributed by atoms with Crippen molar-refractivity contribution in [3.05, 3.63) is 125 Å². The maximum Gasteiger partial charge on any atom is 0.416 e. The molecule has 0 aromatic heterocycles. The van der Waals surface area contributed by atoms with Crippen LogP contribution in [0.1, 0.15) is 76.4 Å². The second-order valence-electron chi connectivity index (χ2n) is 11.8. The number of alkyl halides is 3. The third-order valence-electron chi connectivity index (χ3n) is 7.89. The molecule has 0 radical (unpaired) electrons. The highest BCUT2D eigenvalue weighted by Crippen LogP contribution is 2.32. The number of carbonyl (C=O) groups excluding carboxylic acids is 3. The maximum absolute atomic E-state index is 13.3. The zero-order chi connectivity index (χ0) is 36.8. The molecule has 0 spiro atoms. The number of carbonyl (C=O) groups is 4. The molecular formula is C39H39F3N2O7. The van der Waals surface area contributed by atoms with Crippen LogP contribution < -0.4 is 20.1 Å². The summed E-state index contributed by atoms with van der Waals surface area (Å²) in [5.41, 5.74) is 0.168. The molecule has 1 unspecified atom stereocenters. The first kappa shape index (κ1) is 38.2. The lowest BCUT2D eigenvalue weighted by Crippen LogP contribution is -2.42. The van der Waals surface area contributed by atoms with E-state index in [2.05, 4.69) is 17.6 Å². The number of rotatable bonds is 17. The summed E-state index contributed by atoms with van der Waals surface area (Å²) in [7, 11) is 0. The quantitative estimate of drug-likeness (QED) is 0.0579. The van der Waals surface area contributed by atoms with E-state index in [0.717, 1.165) is 18.9 Å². The second kappa shape index (κ2) is 18.4. The van der Waals surface area contributed by atoms with E-state index < -0.39 is 48.0 Å². The molecule has 1 atom stereocenters. The van der Waals surface area contributed by atoms with E-state index >= 15 is 0 Å². The molecular weight excluding hydrogens is 665 g/mol. The summed E-state index contributed by atoms with van der Waals surface area (Å²) in [6.45, 7) is 2.78. The summed E-state index contributed by atoms with van der Waals surface area (Å²) in [5.74, 6) is -2.29. The van der Waals surface area contributed by atoms with Crippen molar-refractivity contribution in [2.45, 2.75) is 64.1 Å². The molecule has 0 heterocycles. The lowest BCUT2D eigenvalue weighted by atomic mass is 10.0. The summed E-state index contributed by atoms with van der Waals surface area (Å²) in [4.78, 5) is 49.9. The van der Waals surface area contributed by atoms with E-state index in [1.165, 1.54) is 73.9 Å². The van der Waals surface area contributed by atoms with Crippen LogP contribution in [0.5, 0.6) is 11.5 Å².